The molecule has 0 aliphatic rings. The molecule has 0 spiro atoms. The van der Waals surface area contributed by atoms with E-state index in [9.17, 15) is 18.8 Å². The van der Waals surface area contributed by atoms with Crippen molar-refractivity contribution >= 4 is 36.9 Å². The molecule has 0 aliphatic carbocycles. The average Bonchev–Trinajstić information content (AvgIpc) is 2.51. The number of nitrogens with one attached hydrogen (secondary N) is 1. The maximum Gasteiger partial charge on any atom is 0.259 e. The van der Waals surface area contributed by atoms with Gasteiger partial charge in [0.25, 0.3) is 11.1 Å². The first kappa shape index (κ1) is 15.5. The third kappa shape index (κ3) is 2.69. The predicted molar refractivity (Wildman–Crippen MR) is 87.0 cm³/mol. The lowest BCUT2D eigenvalue weighted by Crippen LogP contribution is -2.27. The molecule has 1 atom stereocenters. The zero-order valence-corrected chi connectivity index (χ0v) is 13.0. The molecule has 0 amide bonds. The SMILES string of the molecule is O=C(COP)Cn1c(=O)c2ccc(F)cc2c2c(=O)[nH]ccc21. The van der Waals surface area contributed by atoms with Gasteiger partial charge >= 0.3 is 0 Å². The second-order valence-corrected chi connectivity index (χ2v) is 5.33. The number of carbonyl (C=O) groups excluding carboxylic acids is 1. The van der Waals surface area contributed by atoms with Gasteiger partial charge in [0, 0.05) is 26.4 Å². The van der Waals surface area contributed by atoms with Crippen LogP contribution in [0.4, 0.5) is 4.39 Å². The Morgan fingerprint density at radius 2 is 2.04 bits per heavy atom. The number of hydrogen-bond acceptors (Lipinski definition) is 4. The van der Waals surface area contributed by atoms with Crippen molar-refractivity contribution in [1.82, 2.24) is 9.55 Å². The Balaban J connectivity index is 2.43. The summed E-state index contributed by atoms with van der Waals surface area (Å²) in [5.41, 5.74) is -0.647. The van der Waals surface area contributed by atoms with Crippen molar-refractivity contribution in [2.24, 2.45) is 0 Å². The Morgan fingerprint density at radius 1 is 1.26 bits per heavy atom. The van der Waals surface area contributed by atoms with Crippen molar-refractivity contribution in [1.29, 1.82) is 0 Å². The van der Waals surface area contributed by atoms with Crippen molar-refractivity contribution in [2.75, 3.05) is 6.61 Å². The number of benzene rings is 1. The summed E-state index contributed by atoms with van der Waals surface area (Å²) in [6.07, 6.45) is 1.38. The van der Waals surface area contributed by atoms with Crippen LogP contribution in [0, 0.1) is 5.82 Å². The molecule has 23 heavy (non-hydrogen) atoms. The first-order chi connectivity index (χ1) is 11.0. The fourth-order valence-electron chi connectivity index (χ4n) is 2.59. The normalized spacial score (nSPS) is 11.2. The quantitative estimate of drug-likeness (QED) is 0.577. The van der Waals surface area contributed by atoms with Gasteiger partial charge in [-0.05, 0) is 24.3 Å². The molecular weight excluding hydrogens is 322 g/mol. The Hall–Kier alpha value is -2.37. The number of aromatic nitrogens is 2. The van der Waals surface area contributed by atoms with Gasteiger partial charge in [0.2, 0.25) is 0 Å². The Kier molecular flexibility index (Phi) is 4.07. The molecule has 0 bridgehead atoms. The highest BCUT2D eigenvalue weighted by Gasteiger charge is 2.15. The molecule has 3 rings (SSSR count). The minimum atomic E-state index is -0.549. The molecule has 0 aliphatic heterocycles. The Labute approximate surface area is 131 Å². The van der Waals surface area contributed by atoms with E-state index < -0.39 is 16.9 Å². The standard InChI is InChI=1S/C15H12FN2O4P/c16-8-1-2-10-11(5-8)13-12(3-4-17-14(13)20)18(15(10)21)6-9(19)7-22-23/h1-5H,6-7,23H2,(H,17,20). The van der Waals surface area contributed by atoms with Crippen LogP contribution in [0.3, 0.4) is 0 Å². The second kappa shape index (κ2) is 6.02. The lowest BCUT2D eigenvalue weighted by molar-refractivity contribution is -0.121. The van der Waals surface area contributed by atoms with Crippen LogP contribution >= 0.6 is 9.47 Å². The molecule has 6 nitrogen and oxygen atoms in total. The van der Waals surface area contributed by atoms with Crippen LogP contribution in [-0.4, -0.2) is 21.9 Å². The summed E-state index contributed by atoms with van der Waals surface area (Å²) in [6.45, 7) is -0.413. The number of Topliss-reactive ketones (excluding diaryl/α,β-unsaturated/α-hetero) is 1. The van der Waals surface area contributed by atoms with Crippen LogP contribution in [0.1, 0.15) is 0 Å². The van der Waals surface area contributed by atoms with Gasteiger partial charge in [-0.2, -0.15) is 0 Å². The third-order valence-electron chi connectivity index (χ3n) is 3.53. The molecule has 3 aromatic rings. The smallest absolute Gasteiger partial charge is 0.259 e. The van der Waals surface area contributed by atoms with E-state index in [1.54, 1.807) is 0 Å². The summed E-state index contributed by atoms with van der Waals surface area (Å²) in [7, 11) is 1.96. The van der Waals surface area contributed by atoms with Crippen LogP contribution in [0.25, 0.3) is 21.7 Å². The third-order valence-corrected chi connectivity index (χ3v) is 3.70. The predicted octanol–water partition coefficient (Wildman–Crippen LogP) is 1.36. The summed E-state index contributed by atoms with van der Waals surface area (Å²) in [6, 6.07) is 5.11. The van der Waals surface area contributed by atoms with Gasteiger partial charge in [-0.15, -0.1) is 0 Å². The summed E-state index contributed by atoms with van der Waals surface area (Å²) < 4.78 is 19.4. The topological polar surface area (TPSA) is 81.2 Å². The van der Waals surface area contributed by atoms with Crippen molar-refractivity contribution in [3.8, 4) is 0 Å². The summed E-state index contributed by atoms with van der Waals surface area (Å²) in [5, 5.41) is 0.564. The average molecular weight is 334 g/mol. The summed E-state index contributed by atoms with van der Waals surface area (Å²) >= 11 is 0. The van der Waals surface area contributed by atoms with Gasteiger partial charge in [-0.25, -0.2) is 4.39 Å². The minimum absolute atomic E-state index is 0.168. The number of ketones is 1. The monoisotopic (exact) mass is 334 g/mol. The van der Waals surface area contributed by atoms with Gasteiger partial charge < -0.3 is 9.51 Å². The highest BCUT2D eigenvalue weighted by atomic mass is 31.0. The van der Waals surface area contributed by atoms with E-state index in [-0.39, 0.29) is 40.6 Å². The van der Waals surface area contributed by atoms with E-state index in [0.717, 1.165) is 12.1 Å². The summed E-state index contributed by atoms with van der Waals surface area (Å²) in [5.74, 6) is -0.878. The van der Waals surface area contributed by atoms with Gasteiger partial charge in [-0.3, -0.25) is 19.0 Å². The number of fused-ring (bicyclic) bond motifs is 3. The van der Waals surface area contributed by atoms with Gasteiger partial charge in [0.1, 0.15) is 12.4 Å². The van der Waals surface area contributed by atoms with Crippen LogP contribution in [0.2, 0.25) is 0 Å². The van der Waals surface area contributed by atoms with Crippen LogP contribution < -0.4 is 11.1 Å². The van der Waals surface area contributed by atoms with E-state index in [0.29, 0.717) is 0 Å². The lowest BCUT2D eigenvalue weighted by atomic mass is 10.1. The molecule has 0 fully saturated rings. The number of pyridine rings is 2. The highest BCUT2D eigenvalue weighted by Crippen LogP contribution is 2.20. The van der Waals surface area contributed by atoms with Crippen molar-refractivity contribution in [3.05, 3.63) is 57.0 Å². The van der Waals surface area contributed by atoms with E-state index in [1.807, 2.05) is 9.47 Å². The molecule has 0 saturated carbocycles. The van der Waals surface area contributed by atoms with E-state index >= 15 is 0 Å². The van der Waals surface area contributed by atoms with Crippen LogP contribution in [0.5, 0.6) is 0 Å². The molecule has 1 N–H and O–H groups in total. The van der Waals surface area contributed by atoms with Crippen LogP contribution in [-0.2, 0) is 15.9 Å². The number of aromatic amines is 1. The zero-order valence-electron chi connectivity index (χ0n) is 11.8. The molecule has 1 aromatic carbocycles. The Morgan fingerprint density at radius 3 is 2.78 bits per heavy atom. The molecule has 2 heterocycles. The molecule has 0 radical (unpaired) electrons. The van der Waals surface area contributed by atoms with E-state index in [4.69, 9.17) is 0 Å². The molecule has 2 aromatic heterocycles. The van der Waals surface area contributed by atoms with Gasteiger partial charge in [0.15, 0.2) is 5.78 Å². The molecule has 118 valence electrons. The first-order valence-corrected chi connectivity index (χ1v) is 7.17. The van der Waals surface area contributed by atoms with Gasteiger partial charge in [-0.1, -0.05) is 0 Å². The van der Waals surface area contributed by atoms with Crippen molar-refractivity contribution in [2.45, 2.75) is 6.54 Å². The minimum Gasteiger partial charge on any atom is -0.358 e. The number of hydrogen-bond donors (Lipinski definition) is 1. The zero-order chi connectivity index (χ0) is 16.6. The maximum atomic E-state index is 13.5. The number of H-pyrrole nitrogens is 1. The highest BCUT2D eigenvalue weighted by molar-refractivity contribution is 7.09. The number of rotatable bonds is 4. The first-order valence-electron chi connectivity index (χ1n) is 6.69. The fourth-order valence-corrected chi connectivity index (χ4v) is 2.78. The summed E-state index contributed by atoms with van der Waals surface area (Å²) in [4.78, 5) is 39.2. The molecule has 1 unspecified atom stereocenters. The lowest BCUT2D eigenvalue weighted by Gasteiger charge is -2.12. The Bertz CT molecular complexity index is 1040. The van der Waals surface area contributed by atoms with Crippen molar-refractivity contribution < 1.29 is 13.7 Å². The van der Waals surface area contributed by atoms with Crippen molar-refractivity contribution in [3.63, 3.8) is 0 Å². The molecular formula is C15H12FN2O4P. The number of carbonyl (C=O) groups is 1. The maximum absolute atomic E-state index is 13.5. The second-order valence-electron chi connectivity index (χ2n) is 5.00. The molecule has 0 saturated heterocycles. The largest absolute Gasteiger partial charge is 0.358 e. The van der Waals surface area contributed by atoms with E-state index in [2.05, 4.69) is 9.51 Å². The fraction of sp³-hybridized carbons (Fsp3) is 0.133. The number of halogens is 1. The van der Waals surface area contributed by atoms with Gasteiger partial charge in [0.05, 0.1) is 17.4 Å². The number of nitrogens with zero attached hydrogens (tertiary/aromatic N) is 1. The molecule has 8 heteroatoms. The van der Waals surface area contributed by atoms with E-state index in [1.165, 1.54) is 22.9 Å². The van der Waals surface area contributed by atoms with Crippen LogP contribution in [0.15, 0.2) is 40.1 Å².